The van der Waals surface area contributed by atoms with Crippen molar-refractivity contribution in [2.24, 2.45) is 0 Å². The number of halogens is 1. The molecule has 0 aromatic carbocycles. The van der Waals surface area contributed by atoms with Gasteiger partial charge in [-0.15, -0.1) is 0 Å². The van der Waals surface area contributed by atoms with Crippen molar-refractivity contribution in [1.29, 1.82) is 5.26 Å². The van der Waals surface area contributed by atoms with E-state index < -0.39 is 0 Å². The molecule has 0 N–H and O–H groups in total. The normalized spacial score (nSPS) is 9.09. The summed E-state index contributed by atoms with van der Waals surface area (Å²) in [5.74, 6) is -0.212. The van der Waals surface area contributed by atoms with E-state index in [1.165, 1.54) is 12.1 Å². The lowest BCUT2D eigenvalue weighted by Crippen LogP contribution is -1.93. The molecule has 1 rings (SSSR count). The highest BCUT2D eigenvalue weighted by molar-refractivity contribution is 6.29. The Morgan fingerprint density at radius 3 is 2.91 bits per heavy atom. The fourth-order valence-corrected chi connectivity index (χ4v) is 0.769. The third-order valence-electron chi connectivity index (χ3n) is 1.09. The molecule has 11 heavy (non-hydrogen) atoms. The Balaban J connectivity index is 2.78. The monoisotopic (exact) mass is 169 g/mol. The van der Waals surface area contributed by atoms with Gasteiger partial charge in [-0.3, -0.25) is 4.79 Å². The summed E-state index contributed by atoms with van der Waals surface area (Å²) in [4.78, 5) is 10.9. The Kier molecular flexibility index (Phi) is 2.29. The van der Waals surface area contributed by atoms with E-state index in [4.69, 9.17) is 21.3 Å². The van der Waals surface area contributed by atoms with Crippen molar-refractivity contribution >= 4 is 17.4 Å². The van der Waals surface area contributed by atoms with Crippen LogP contribution in [0, 0.1) is 11.3 Å². The molecule has 0 unspecified atom stereocenters. The zero-order chi connectivity index (χ0) is 8.27. The first-order chi connectivity index (χ1) is 5.24. The molecule has 1 aromatic rings. The van der Waals surface area contributed by atoms with E-state index in [2.05, 4.69) is 0 Å². The Bertz CT molecular complexity index is 310. The van der Waals surface area contributed by atoms with Crippen LogP contribution in [0.2, 0.25) is 5.22 Å². The van der Waals surface area contributed by atoms with Crippen LogP contribution in [0.1, 0.15) is 17.0 Å². The van der Waals surface area contributed by atoms with Crippen LogP contribution in [0.15, 0.2) is 16.5 Å². The van der Waals surface area contributed by atoms with E-state index in [1.807, 2.05) is 0 Å². The zero-order valence-electron chi connectivity index (χ0n) is 5.50. The van der Waals surface area contributed by atoms with Crippen molar-refractivity contribution in [2.45, 2.75) is 6.42 Å². The lowest BCUT2D eigenvalue weighted by molar-refractivity contribution is 0.0971. The van der Waals surface area contributed by atoms with Gasteiger partial charge in [0, 0.05) is 0 Å². The number of Topliss-reactive ketones (excluding diaryl/α,β-unsaturated/α-hetero) is 1. The molecule has 0 bridgehead atoms. The smallest absolute Gasteiger partial charge is 0.212 e. The van der Waals surface area contributed by atoms with Gasteiger partial charge in [-0.25, -0.2) is 0 Å². The van der Waals surface area contributed by atoms with Crippen LogP contribution in [0.4, 0.5) is 0 Å². The van der Waals surface area contributed by atoms with Gasteiger partial charge in [-0.2, -0.15) is 5.26 Å². The topological polar surface area (TPSA) is 54.0 Å². The minimum Gasteiger partial charge on any atom is -0.442 e. The highest BCUT2D eigenvalue weighted by Gasteiger charge is 2.08. The molecule has 3 nitrogen and oxygen atoms in total. The van der Waals surface area contributed by atoms with Gasteiger partial charge in [0.2, 0.25) is 5.78 Å². The summed E-state index contributed by atoms with van der Waals surface area (Å²) >= 11 is 5.40. The van der Waals surface area contributed by atoms with Crippen LogP contribution in [0.3, 0.4) is 0 Å². The van der Waals surface area contributed by atoms with E-state index in [9.17, 15) is 4.79 Å². The van der Waals surface area contributed by atoms with Gasteiger partial charge in [0.1, 0.15) is 6.42 Å². The molecule has 0 saturated carbocycles. The maximum atomic E-state index is 10.9. The van der Waals surface area contributed by atoms with Gasteiger partial charge in [-0.05, 0) is 23.7 Å². The van der Waals surface area contributed by atoms with Crippen molar-refractivity contribution < 1.29 is 9.21 Å². The van der Waals surface area contributed by atoms with Gasteiger partial charge >= 0.3 is 0 Å². The van der Waals surface area contributed by atoms with E-state index in [1.54, 1.807) is 6.07 Å². The summed E-state index contributed by atoms with van der Waals surface area (Å²) < 4.78 is 4.76. The lowest BCUT2D eigenvalue weighted by atomic mass is 10.2. The second-order valence-electron chi connectivity index (χ2n) is 1.86. The van der Waals surface area contributed by atoms with Gasteiger partial charge in [-0.1, -0.05) is 0 Å². The maximum absolute atomic E-state index is 10.9. The summed E-state index contributed by atoms with van der Waals surface area (Å²) in [5.41, 5.74) is 0. The number of nitriles is 1. The molecule has 1 heterocycles. The van der Waals surface area contributed by atoms with Gasteiger partial charge in [0.25, 0.3) is 0 Å². The predicted octanol–water partition coefficient (Wildman–Crippen LogP) is 2.03. The highest BCUT2D eigenvalue weighted by atomic mass is 35.5. The number of nitrogens with zero attached hydrogens (tertiary/aromatic N) is 1. The van der Waals surface area contributed by atoms with Crippen molar-refractivity contribution in [3.63, 3.8) is 0 Å². The molecule has 0 fully saturated rings. The second-order valence-corrected chi connectivity index (χ2v) is 2.23. The summed E-state index contributed by atoms with van der Waals surface area (Å²) in [6, 6.07) is 4.63. The van der Waals surface area contributed by atoms with Crippen LogP contribution >= 0.6 is 11.6 Å². The molecule has 0 radical (unpaired) electrons. The summed E-state index contributed by atoms with van der Waals surface area (Å²) in [5, 5.41) is 8.32. The molecule has 0 aliphatic carbocycles. The molecule has 0 aliphatic heterocycles. The largest absolute Gasteiger partial charge is 0.442 e. The maximum Gasteiger partial charge on any atom is 0.212 e. The Hall–Kier alpha value is -1.27. The van der Waals surface area contributed by atoms with Crippen molar-refractivity contribution in [3.05, 3.63) is 23.1 Å². The number of carbonyl (C=O) groups is 1. The minimum atomic E-state index is -0.348. The molecule has 0 spiro atoms. The second kappa shape index (κ2) is 3.22. The molecule has 4 heteroatoms. The van der Waals surface area contributed by atoms with Crippen LogP contribution < -0.4 is 0 Å². The highest BCUT2D eigenvalue weighted by Crippen LogP contribution is 2.14. The first kappa shape index (κ1) is 7.83. The number of rotatable bonds is 2. The first-order valence-corrected chi connectivity index (χ1v) is 3.27. The first-order valence-electron chi connectivity index (χ1n) is 2.89. The fourth-order valence-electron chi connectivity index (χ4n) is 0.623. The van der Waals surface area contributed by atoms with Gasteiger partial charge < -0.3 is 4.42 Å². The third-order valence-corrected chi connectivity index (χ3v) is 1.29. The molecule has 0 saturated heterocycles. The molecular weight excluding hydrogens is 166 g/mol. The quantitative estimate of drug-likeness (QED) is 0.637. The van der Waals surface area contributed by atoms with Crippen molar-refractivity contribution in [1.82, 2.24) is 0 Å². The minimum absolute atomic E-state index is 0.136. The number of hydrogen-bond acceptors (Lipinski definition) is 3. The SMILES string of the molecule is N#CCC(=O)c1ccc(Cl)o1. The molecule has 0 amide bonds. The Morgan fingerprint density at radius 2 is 2.45 bits per heavy atom. The summed E-state index contributed by atoms with van der Waals surface area (Å²) in [6.45, 7) is 0. The van der Waals surface area contributed by atoms with E-state index >= 15 is 0 Å². The van der Waals surface area contributed by atoms with Gasteiger partial charge in [0.05, 0.1) is 6.07 Å². The lowest BCUT2D eigenvalue weighted by Gasteiger charge is -1.85. The summed E-state index contributed by atoms with van der Waals surface area (Å²) in [6.07, 6.45) is -0.177. The number of furan rings is 1. The van der Waals surface area contributed by atoms with Crippen molar-refractivity contribution in [2.75, 3.05) is 0 Å². The average molecular weight is 170 g/mol. The van der Waals surface area contributed by atoms with Crippen LogP contribution in [-0.2, 0) is 0 Å². The van der Waals surface area contributed by atoms with Crippen molar-refractivity contribution in [3.8, 4) is 6.07 Å². The predicted molar refractivity (Wildman–Crippen MR) is 38.3 cm³/mol. The Labute approximate surface area is 68.2 Å². The van der Waals surface area contributed by atoms with Crippen LogP contribution in [-0.4, -0.2) is 5.78 Å². The van der Waals surface area contributed by atoms with Crippen LogP contribution in [0.5, 0.6) is 0 Å². The van der Waals surface area contributed by atoms with Gasteiger partial charge in [0.15, 0.2) is 11.0 Å². The summed E-state index contributed by atoms with van der Waals surface area (Å²) in [7, 11) is 0. The standard InChI is InChI=1S/C7H4ClNO2/c8-7-2-1-6(11-7)5(10)3-4-9/h1-2H,3H2. The average Bonchev–Trinajstić information content (AvgIpc) is 2.36. The fraction of sp³-hybridized carbons (Fsp3) is 0.143. The molecule has 0 atom stereocenters. The van der Waals surface area contributed by atoms with E-state index in [0.29, 0.717) is 0 Å². The van der Waals surface area contributed by atoms with Crippen LogP contribution in [0.25, 0.3) is 0 Å². The molecule has 0 aliphatic rings. The molecule has 56 valence electrons. The third kappa shape index (κ3) is 1.82. The zero-order valence-corrected chi connectivity index (χ0v) is 6.26. The van der Waals surface area contributed by atoms with E-state index in [0.717, 1.165) is 0 Å². The van der Waals surface area contributed by atoms with E-state index in [-0.39, 0.29) is 23.2 Å². The Morgan fingerprint density at radius 1 is 1.73 bits per heavy atom. The number of ketones is 1. The number of hydrogen-bond donors (Lipinski definition) is 0. The molecular formula is C7H4ClNO2. The molecule has 1 aromatic heterocycles. The number of carbonyl (C=O) groups excluding carboxylic acids is 1.